The average molecular weight is 275 g/mol. The molecule has 0 bridgehead atoms. The van der Waals surface area contributed by atoms with Crippen molar-refractivity contribution in [3.63, 3.8) is 0 Å². The fourth-order valence-corrected chi connectivity index (χ4v) is 3.28. The maximum Gasteiger partial charge on any atom is 0.180 e. The fraction of sp³-hybridized carbons (Fsp3) is 0.200. The van der Waals surface area contributed by atoms with Gasteiger partial charge in [0, 0.05) is 6.04 Å². The molecule has 100 valence electrons. The highest BCUT2D eigenvalue weighted by atomic mass is 32.2. The molecule has 2 aromatic rings. The zero-order valence-corrected chi connectivity index (χ0v) is 11.6. The van der Waals surface area contributed by atoms with Crippen LogP contribution in [-0.2, 0) is 9.84 Å². The Bertz CT molecular complexity index is 634. The molecule has 19 heavy (non-hydrogen) atoms. The normalized spacial score (nSPS) is 13.2. The van der Waals surface area contributed by atoms with Crippen molar-refractivity contribution < 1.29 is 8.42 Å². The molecule has 0 aliphatic rings. The summed E-state index contributed by atoms with van der Waals surface area (Å²) in [5.74, 6) is -0.0833. The van der Waals surface area contributed by atoms with Crippen LogP contribution in [-0.4, -0.2) is 14.2 Å². The van der Waals surface area contributed by atoms with Crippen molar-refractivity contribution in [2.75, 3.05) is 5.75 Å². The molecule has 0 saturated carbocycles. The summed E-state index contributed by atoms with van der Waals surface area (Å²) in [4.78, 5) is 0.324. The third-order valence-electron chi connectivity index (χ3n) is 3.01. The van der Waals surface area contributed by atoms with Crippen LogP contribution >= 0.6 is 0 Å². The molecular formula is C15H17NO2S. The predicted molar refractivity (Wildman–Crippen MR) is 76.6 cm³/mol. The third-order valence-corrected chi connectivity index (χ3v) is 4.80. The number of benzene rings is 2. The van der Waals surface area contributed by atoms with E-state index < -0.39 is 15.9 Å². The Hall–Kier alpha value is -1.65. The smallest absolute Gasteiger partial charge is 0.180 e. The van der Waals surface area contributed by atoms with Gasteiger partial charge in [0.2, 0.25) is 0 Å². The first-order valence-electron chi connectivity index (χ1n) is 6.09. The van der Waals surface area contributed by atoms with Crippen LogP contribution in [0.25, 0.3) is 0 Å². The molecule has 0 heterocycles. The van der Waals surface area contributed by atoms with Crippen molar-refractivity contribution in [1.82, 2.24) is 0 Å². The van der Waals surface area contributed by atoms with E-state index in [0.717, 1.165) is 11.1 Å². The average Bonchev–Trinajstić information content (AvgIpc) is 2.40. The molecule has 4 heteroatoms. The van der Waals surface area contributed by atoms with Crippen molar-refractivity contribution in [3.8, 4) is 0 Å². The first kappa shape index (κ1) is 13.8. The summed E-state index contributed by atoms with van der Waals surface area (Å²) in [7, 11) is -3.35. The number of sulfone groups is 1. The monoisotopic (exact) mass is 275 g/mol. The summed E-state index contributed by atoms with van der Waals surface area (Å²) in [5, 5.41) is 0. The lowest BCUT2D eigenvalue weighted by atomic mass is 10.1. The van der Waals surface area contributed by atoms with Gasteiger partial charge < -0.3 is 5.73 Å². The number of aryl methyl sites for hydroxylation is 1. The predicted octanol–water partition coefficient (Wildman–Crippen LogP) is 2.47. The van der Waals surface area contributed by atoms with E-state index >= 15 is 0 Å². The van der Waals surface area contributed by atoms with Crippen LogP contribution in [0.2, 0.25) is 0 Å². The van der Waals surface area contributed by atoms with Gasteiger partial charge in [-0.1, -0.05) is 48.0 Å². The van der Waals surface area contributed by atoms with Crippen LogP contribution < -0.4 is 5.73 Å². The molecule has 2 rings (SSSR count). The van der Waals surface area contributed by atoms with Crippen LogP contribution in [0.3, 0.4) is 0 Å². The Morgan fingerprint density at radius 1 is 1.00 bits per heavy atom. The fourth-order valence-electron chi connectivity index (χ4n) is 1.87. The van der Waals surface area contributed by atoms with Gasteiger partial charge >= 0.3 is 0 Å². The van der Waals surface area contributed by atoms with E-state index in [-0.39, 0.29) is 5.75 Å². The van der Waals surface area contributed by atoms with Gasteiger partial charge in [0.1, 0.15) is 0 Å². The zero-order chi connectivity index (χ0) is 13.9. The summed E-state index contributed by atoms with van der Waals surface area (Å²) in [6, 6.07) is 15.6. The second-order valence-electron chi connectivity index (χ2n) is 4.61. The Kier molecular flexibility index (Phi) is 4.02. The molecule has 0 fully saturated rings. The summed E-state index contributed by atoms with van der Waals surface area (Å²) < 4.78 is 24.5. The van der Waals surface area contributed by atoms with Gasteiger partial charge in [-0.05, 0) is 24.6 Å². The van der Waals surface area contributed by atoms with Crippen LogP contribution in [0.5, 0.6) is 0 Å². The summed E-state index contributed by atoms with van der Waals surface area (Å²) in [6.45, 7) is 1.92. The van der Waals surface area contributed by atoms with Crippen molar-refractivity contribution in [2.45, 2.75) is 17.9 Å². The molecule has 0 saturated heterocycles. The highest BCUT2D eigenvalue weighted by Crippen LogP contribution is 2.18. The minimum atomic E-state index is -3.35. The topological polar surface area (TPSA) is 60.2 Å². The van der Waals surface area contributed by atoms with Gasteiger partial charge in [0.15, 0.2) is 9.84 Å². The van der Waals surface area contributed by atoms with Crippen molar-refractivity contribution in [3.05, 3.63) is 65.7 Å². The standard InChI is InChI=1S/C15H17NO2S/c1-12-7-9-14(10-8-12)19(17,18)11-15(16)13-5-3-2-4-6-13/h2-10,15H,11,16H2,1H3. The zero-order valence-electron chi connectivity index (χ0n) is 10.8. The number of rotatable bonds is 4. The van der Waals surface area contributed by atoms with Crippen LogP contribution in [0.15, 0.2) is 59.5 Å². The second-order valence-corrected chi connectivity index (χ2v) is 6.65. The Labute approximate surface area is 114 Å². The van der Waals surface area contributed by atoms with E-state index in [9.17, 15) is 8.42 Å². The van der Waals surface area contributed by atoms with Gasteiger partial charge in [-0.2, -0.15) is 0 Å². The lowest BCUT2D eigenvalue weighted by molar-refractivity contribution is 0.589. The summed E-state index contributed by atoms with van der Waals surface area (Å²) >= 11 is 0. The van der Waals surface area contributed by atoms with E-state index in [1.165, 1.54) is 0 Å². The maximum absolute atomic E-state index is 12.2. The van der Waals surface area contributed by atoms with Crippen LogP contribution in [0.1, 0.15) is 17.2 Å². The molecule has 1 unspecified atom stereocenters. The van der Waals surface area contributed by atoms with Gasteiger partial charge in [-0.25, -0.2) is 8.42 Å². The molecule has 0 aliphatic heterocycles. The van der Waals surface area contributed by atoms with E-state index in [1.807, 2.05) is 37.3 Å². The quantitative estimate of drug-likeness (QED) is 0.932. The summed E-state index contributed by atoms with van der Waals surface area (Å²) in [5.41, 5.74) is 7.83. The van der Waals surface area contributed by atoms with E-state index in [2.05, 4.69) is 0 Å². The van der Waals surface area contributed by atoms with E-state index in [0.29, 0.717) is 4.90 Å². The SMILES string of the molecule is Cc1ccc(S(=O)(=O)CC(N)c2ccccc2)cc1. The molecule has 2 N–H and O–H groups in total. The number of hydrogen-bond donors (Lipinski definition) is 1. The number of nitrogens with two attached hydrogens (primary N) is 1. The van der Waals surface area contributed by atoms with Crippen molar-refractivity contribution in [2.24, 2.45) is 5.73 Å². The Morgan fingerprint density at radius 3 is 2.16 bits per heavy atom. The van der Waals surface area contributed by atoms with Crippen LogP contribution in [0, 0.1) is 6.92 Å². The number of hydrogen-bond acceptors (Lipinski definition) is 3. The van der Waals surface area contributed by atoms with Gasteiger partial charge in [-0.15, -0.1) is 0 Å². The van der Waals surface area contributed by atoms with E-state index in [4.69, 9.17) is 5.73 Å². The highest BCUT2D eigenvalue weighted by molar-refractivity contribution is 7.91. The maximum atomic E-state index is 12.2. The molecule has 0 spiro atoms. The molecule has 0 aromatic heterocycles. The molecule has 3 nitrogen and oxygen atoms in total. The van der Waals surface area contributed by atoms with Crippen molar-refractivity contribution in [1.29, 1.82) is 0 Å². The molecule has 0 aliphatic carbocycles. The van der Waals surface area contributed by atoms with Crippen molar-refractivity contribution >= 4 is 9.84 Å². The third kappa shape index (κ3) is 3.43. The summed E-state index contributed by atoms with van der Waals surface area (Å²) in [6.07, 6.45) is 0. The Morgan fingerprint density at radius 2 is 1.58 bits per heavy atom. The largest absolute Gasteiger partial charge is 0.323 e. The van der Waals surface area contributed by atoms with Gasteiger partial charge in [0.25, 0.3) is 0 Å². The van der Waals surface area contributed by atoms with Gasteiger partial charge in [0.05, 0.1) is 10.6 Å². The molecule has 0 amide bonds. The molecular weight excluding hydrogens is 258 g/mol. The Balaban J connectivity index is 2.20. The van der Waals surface area contributed by atoms with Gasteiger partial charge in [-0.3, -0.25) is 0 Å². The lowest BCUT2D eigenvalue weighted by Crippen LogP contribution is -2.21. The minimum absolute atomic E-state index is 0.0833. The van der Waals surface area contributed by atoms with Crippen LogP contribution in [0.4, 0.5) is 0 Å². The second kappa shape index (κ2) is 5.55. The molecule has 1 atom stereocenters. The molecule has 2 aromatic carbocycles. The molecule has 0 radical (unpaired) electrons. The lowest BCUT2D eigenvalue weighted by Gasteiger charge is -2.12. The highest BCUT2D eigenvalue weighted by Gasteiger charge is 2.19. The first-order chi connectivity index (χ1) is 8.99. The van der Waals surface area contributed by atoms with E-state index in [1.54, 1.807) is 24.3 Å². The first-order valence-corrected chi connectivity index (χ1v) is 7.74. The minimum Gasteiger partial charge on any atom is -0.323 e.